The van der Waals surface area contributed by atoms with Crippen LogP contribution in [0.4, 0.5) is 0 Å². The number of thioether (sulfide) groups is 1. The van der Waals surface area contributed by atoms with E-state index in [0.717, 1.165) is 12.2 Å². The number of allylic oxidation sites excluding steroid dienone is 1. The van der Waals surface area contributed by atoms with Crippen molar-refractivity contribution in [1.29, 1.82) is 0 Å². The lowest BCUT2D eigenvalue weighted by atomic mass is 10.1. The number of hydrogen-bond acceptors (Lipinski definition) is 2. The Labute approximate surface area is 103 Å². The van der Waals surface area contributed by atoms with Crippen LogP contribution in [-0.4, -0.2) is 18.8 Å². The first kappa shape index (κ1) is 13.3. The van der Waals surface area contributed by atoms with Crippen molar-refractivity contribution in [3.63, 3.8) is 0 Å². The Morgan fingerprint density at radius 3 is 2.56 bits per heavy atom. The molecular weight excluding hydrogens is 214 g/mol. The molecule has 0 amide bonds. The summed E-state index contributed by atoms with van der Waals surface area (Å²) in [6.45, 7) is 4.26. The maximum absolute atomic E-state index is 3.26. The summed E-state index contributed by atoms with van der Waals surface area (Å²) in [5.74, 6) is 1.06. The molecule has 88 valence electrons. The number of nitrogens with one attached hydrogen (secondary N) is 1. The van der Waals surface area contributed by atoms with Crippen molar-refractivity contribution in [3.8, 4) is 0 Å². The summed E-state index contributed by atoms with van der Waals surface area (Å²) in [7, 11) is 2.01. The van der Waals surface area contributed by atoms with Crippen LogP contribution in [0.1, 0.15) is 19.4 Å². The first-order chi connectivity index (χ1) is 7.76. The van der Waals surface area contributed by atoms with Gasteiger partial charge in [0, 0.05) is 16.7 Å². The zero-order chi connectivity index (χ0) is 11.8. The highest BCUT2D eigenvalue weighted by Gasteiger charge is 2.00. The van der Waals surface area contributed by atoms with Gasteiger partial charge in [0.15, 0.2) is 0 Å². The monoisotopic (exact) mass is 235 g/mol. The Balaban J connectivity index is 2.47. The molecule has 1 aromatic carbocycles. The zero-order valence-electron chi connectivity index (χ0n) is 10.4. The molecular formula is C14H21NS. The molecule has 1 unspecified atom stereocenters. The second-order valence-corrected chi connectivity index (χ2v) is 5.01. The molecule has 1 atom stereocenters. The van der Waals surface area contributed by atoms with Gasteiger partial charge in [-0.3, -0.25) is 0 Å². The van der Waals surface area contributed by atoms with Crippen molar-refractivity contribution in [1.82, 2.24) is 5.32 Å². The largest absolute Gasteiger partial charge is 0.317 e. The van der Waals surface area contributed by atoms with Crippen LogP contribution in [0.2, 0.25) is 0 Å². The minimum Gasteiger partial charge on any atom is -0.317 e. The van der Waals surface area contributed by atoms with Crippen molar-refractivity contribution in [2.75, 3.05) is 12.8 Å². The number of hydrogen-bond donors (Lipinski definition) is 1. The molecule has 0 aromatic heterocycles. The van der Waals surface area contributed by atoms with Crippen molar-refractivity contribution in [2.24, 2.45) is 0 Å². The van der Waals surface area contributed by atoms with E-state index in [9.17, 15) is 0 Å². The third-order valence-electron chi connectivity index (χ3n) is 2.54. The van der Waals surface area contributed by atoms with E-state index >= 15 is 0 Å². The van der Waals surface area contributed by atoms with E-state index in [4.69, 9.17) is 0 Å². The molecule has 1 nitrogen and oxygen atoms in total. The minimum absolute atomic E-state index is 0.543. The molecule has 1 N–H and O–H groups in total. The molecule has 0 fully saturated rings. The van der Waals surface area contributed by atoms with Gasteiger partial charge in [-0.25, -0.2) is 0 Å². The van der Waals surface area contributed by atoms with Gasteiger partial charge in [0.25, 0.3) is 0 Å². The van der Waals surface area contributed by atoms with E-state index in [0.29, 0.717) is 6.04 Å². The van der Waals surface area contributed by atoms with Crippen molar-refractivity contribution < 1.29 is 0 Å². The SMILES string of the molecule is C/C=C\CSc1ccc(CC(C)NC)cc1. The molecule has 0 radical (unpaired) electrons. The van der Waals surface area contributed by atoms with Crippen LogP contribution in [0.15, 0.2) is 41.3 Å². The highest BCUT2D eigenvalue weighted by molar-refractivity contribution is 7.99. The topological polar surface area (TPSA) is 12.0 Å². The number of benzene rings is 1. The van der Waals surface area contributed by atoms with E-state index in [1.54, 1.807) is 0 Å². The molecule has 16 heavy (non-hydrogen) atoms. The normalized spacial score (nSPS) is 13.2. The van der Waals surface area contributed by atoms with E-state index < -0.39 is 0 Å². The Kier molecular flexibility index (Phi) is 6.27. The van der Waals surface area contributed by atoms with Crippen LogP contribution in [0.3, 0.4) is 0 Å². The average Bonchev–Trinajstić information content (AvgIpc) is 2.31. The van der Waals surface area contributed by atoms with Gasteiger partial charge >= 0.3 is 0 Å². The van der Waals surface area contributed by atoms with Crippen molar-refractivity contribution >= 4 is 11.8 Å². The zero-order valence-corrected chi connectivity index (χ0v) is 11.2. The second-order valence-electron chi connectivity index (χ2n) is 3.92. The van der Waals surface area contributed by atoms with Gasteiger partial charge in [-0.2, -0.15) is 0 Å². The number of likely N-dealkylation sites (N-methyl/N-ethyl adjacent to an activating group) is 1. The lowest BCUT2D eigenvalue weighted by Gasteiger charge is -2.10. The quantitative estimate of drug-likeness (QED) is 0.598. The summed E-state index contributed by atoms with van der Waals surface area (Å²) in [6.07, 6.45) is 5.37. The van der Waals surface area contributed by atoms with E-state index in [-0.39, 0.29) is 0 Å². The smallest absolute Gasteiger partial charge is 0.0160 e. The Bertz CT molecular complexity index is 316. The first-order valence-electron chi connectivity index (χ1n) is 5.76. The predicted octanol–water partition coefficient (Wildman–Crippen LogP) is 3.51. The van der Waals surface area contributed by atoms with Gasteiger partial charge in [0.2, 0.25) is 0 Å². The summed E-state index contributed by atoms with van der Waals surface area (Å²) >= 11 is 1.88. The van der Waals surface area contributed by atoms with E-state index in [1.165, 1.54) is 10.5 Å². The maximum Gasteiger partial charge on any atom is 0.0160 e. The first-order valence-corrected chi connectivity index (χ1v) is 6.75. The molecule has 0 saturated heterocycles. The molecule has 0 saturated carbocycles. The average molecular weight is 235 g/mol. The Morgan fingerprint density at radius 2 is 2.00 bits per heavy atom. The van der Waals surface area contributed by atoms with E-state index in [1.807, 2.05) is 18.8 Å². The van der Waals surface area contributed by atoms with Gasteiger partial charge in [-0.1, -0.05) is 24.3 Å². The summed E-state index contributed by atoms with van der Waals surface area (Å²) in [4.78, 5) is 1.35. The molecule has 0 aliphatic heterocycles. The third kappa shape index (κ3) is 4.86. The van der Waals surface area contributed by atoms with Crippen molar-refractivity contribution in [3.05, 3.63) is 42.0 Å². The molecule has 1 aromatic rings. The van der Waals surface area contributed by atoms with Gasteiger partial charge in [-0.15, -0.1) is 11.8 Å². The minimum atomic E-state index is 0.543. The Hall–Kier alpha value is -0.730. The molecule has 0 spiro atoms. The molecule has 0 heterocycles. The maximum atomic E-state index is 3.26. The van der Waals surface area contributed by atoms with Gasteiger partial charge in [-0.05, 0) is 45.0 Å². The summed E-state index contributed by atoms with van der Waals surface area (Å²) < 4.78 is 0. The predicted molar refractivity (Wildman–Crippen MR) is 74.2 cm³/mol. The van der Waals surface area contributed by atoms with Crippen LogP contribution in [0.25, 0.3) is 0 Å². The van der Waals surface area contributed by atoms with Gasteiger partial charge in [0.1, 0.15) is 0 Å². The summed E-state index contributed by atoms with van der Waals surface area (Å²) in [5.41, 5.74) is 1.40. The Morgan fingerprint density at radius 1 is 1.31 bits per heavy atom. The van der Waals surface area contributed by atoms with Crippen LogP contribution in [-0.2, 0) is 6.42 Å². The van der Waals surface area contributed by atoms with Crippen molar-refractivity contribution in [2.45, 2.75) is 31.2 Å². The second kappa shape index (κ2) is 7.53. The summed E-state index contributed by atoms with van der Waals surface area (Å²) in [6, 6.07) is 9.43. The van der Waals surface area contributed by atoms with Crippen LogP contribution in [0.5, 0.6) is 0 Å². The fourth-order valence-electron chi connectivity index (χ4n) is 1.42. The molecule has 1 rings (SSSR count). The van der Waals surface area contributed by atoms with Crippen LogP contribution < -0.4 is 5.32 Å². The van der Waals surface area contributed by atoms with Crippen LogP contribution >= 0.6 is 11.8 Å². The highest BCUT2D eigenvalue weighted by Crippen LogP contribution is 2.18. The molecule has 0 bridgehead atoms. The lowest BCUT2D eigenvalue weighted by molar-refractivity contribution is 0.608. The molecule has 2 heteroatoms. The fourth-order valence-corrected chi connectivity index (χ4v) is 2.23. The van der Waals surface area contributed by atoms with Crippen LogP contribution in [0, 0.1) is 0 Å². The standard InChI is InChI=1S/C14H21NS/c1-4-5-10-16-14-8-6-13(7-9-14)11-12(2)15-3/h4-9,12,15H,10-11H2,1-3H3/b5-4-. The number of rotatable bonds is 6. The highest BCUT2D eigenvalue weighted by atomic mass is 32.2. The van der Waals surface area contributed by atoms with E-state index in [2.05, 4.69) is 55.6 Å². The summed E-state index contributed by atoms with van der Waals surface area (Å²) in [5, 5.41) is 3.26. The third-order valence-corrected chi connectivity index (χ3v) is 3.50. The molecule has 0 aliphatic rings. The van der Waals surface area contributed by atoms with Gasteiger partial charge < -0.3 is 5.32 Å². The molecule has 0 aliphatic carbocycles. The fraction of sp³-hybridized carbons (Fsp3) is 0.429. The van der Waals surface area contributed by atoms with Gasteiger partial charge in [0.05, 0.1) is 0 Å². The lowest BCUT2D eigenvalue weighted by Crippen LogP contribution is -2.23.